The van der Waals surface area contributed by atoms with Crippen molar-refractivity contribution in [1.82, 2.24) is 0 Å². The first-order valence-corrected chi connectivity index (χ1v) is 7.11. The van der Waals surface area contributed by atoms with Gasteiger partial charge in [0.1, 0.15) is 5.75 Å². The molecule has 0 fully saturated rings. The van der Waals surface area contributed by atoms with Crippen LogP contribution in [-0.2, 0) is 6.42 Å². The molecule has 2 aromatic rings. The van der Waals surface area contributed by atoms with Gasteiger partial charge < -0.3 is 4.74 Å². The molecule has 2 aromatic carbocycles. The zero-order valence-electron chi connectivity index (χ0n) is 11.7. The van der Waals surface area contributed by atoms with Crippen molar-refractivity contribution in [3.63, 3.8) is 0 Å². The minimum atomic E-state index is 0.0806. The quantitative estimate of drug-likeness (QED) is 0.770. The standard InChI is InChI=1S/C18H18O2/c1-13-5-7-14(8-6-13)18(19)16-9-10-17-15(12-16)4-2-3-11-20-17/h5-10,12H,2-4,11H2,1H3. The maximum atomic E-state index is 12.5. The molecule has 0 aliphatic carbocycles. The number of benzene rings is 2. The fourth-order valence-electron chi connectivity index (χ4n) is 2.53. The van der Waals surface area contributed by atoms with E-state index in [1.165, 1.54) is 0 Å². The second kappa shape index (κ2) is 5.49. The first kappa shape index (κ1) is 12.9. The topological polar surface area (TPSA) is 26.3 Å². The highest BCUT2D eigenvalue weighted by atomic mass is 16.5. The van der Waals surface area contributed by atoms with Gasteiger partial charge in [-0.1, -0.05) is 29.8 Å². The molecule has 0 spiro atoms. The Hall–Kier alpha value is -2.09. The molecule has 0 radical (unpaired) electrons. The minimum absolute atomic E-state index is 0.0806. The number of aryl methyl sites for hydroxylation is 2. The second-order valence-corrected chi connectivity index (χ2v) is 5.32. The average Bonchev–Trinajstić information content (AvgIpc) is 2.71. The molecule has 102 valence electrons. The van der Waals surface area contributed by atoms with Gasteiger partial charge >= 0.3 is 0 Å². The lowest BCUT2D eigenvalue weighted by atomic mass is 9.98. The molecule has 0 unspecified atom stereocenters. The van der Waals surface area contributed by atoms with E-state index in [1.54, 1.807) is 0 Å². The molecule has 1 heterocycles. The average molecular weight is 266 g/mol. The molecule has 3 rings (SSSR count). The Kier molecular flexibility index (Phi) is 3.55. The van der Waals surface area contributed by atoms with Gasteiger partial charge in [0.15, 0.2) is 5.78 Å². The summed E-state index contributed by atoms with van der Waals surface area (Å²) in [5, 5.41) is 0. The molecular formula is C18H18O2. The van der Waals surface area contributed by atoms with E-state index in [0.717, 1.165) is 53.9 Å². The van der Waals surface area contributed by atoms with E-state index in [2.05, 4.69) is 0 Å². The molecule has 20 heavy (non-hydrogen) atoms. The summed E-state index contributed by atoms with van der Waals surface area (Å²) in [5.74, 6) is 1.01. The lowest BCUT2D eigenvalue weighted by Crippen LogP contribution is -2.03. The van der Waals surface area contributed by atoms with Crippen LogP contribution in [0.5, 0.6) is 5.75 Å². The van der Waals surface area contributed by atoms with Gasteiger partial charge in [0.05, 0.1) is 6.61 Å². The number of hydrogen-bond acceptors (Lipinski definition) is 2. The van der Waals surface area contributed by atoms with Crippen molar-refractivity contribution in [2.24, 2.45) is 0 Å². The first-order chi connectivity index (χ1) is 9.74. The van der Waals surface area contributed by atoms with Crippen LogP contribution in [0.4, 0.5) is 0 Å². The van der Waals surface area contributed by atoms with Crippen molar-refractivity contribution in [1.29, 1.82) is 0 Å². The number of hydrogen-bond donors (Lipinski definition) is 0. The molecular weight excluding hydrogens is 248 g/mol. The first-order valence-electron chi connectivity index (χ1n) is 7.11. The summed E-state index contributed by atoms with van der Waals surface area (Å²) < 4.78 is 5.69. The molecule has 1 aliphatic rings. The van der Waals surface area contributed by atoms with Crippen LogP contribution < -0.4 is 4.74 Å². The Morgan fingerprint density at radius 1 is 1.00 bits per heavy atom. The highest BCUT2D eigenvalue weighted by Gasteiger charge is 2.14. The summed E-state index contributed by atoms with van der Waals surface area (Å²) in [6.45, 7) is 2.80. The summed E-state index contributed by atoms with van der Waals surface area (Å²) in [6, 6.07) is 13.5. The van der Waals surface area contributed by atoms with E-state index in [0.29, 0.717) is 0 Å². The Morgan fingerprint density at radius 2 is 1.75 bits per heavy atom. The smallest absolute Gasteiger partial charge is 0.193 e. The Balaban J connectivity index is 1.92. The molecule has 1 aliphatic heterocycles. The normalized spacial score (nSPS) is 14.1. The Labute approximate surface area is 119 Å². The van der Waals surface area contributed by atoms with Crippen LogP contribution >= 0.6 is 0 Å². The predicted molar refractivity (Wildman–Crippen MR) is 79.5 cm³/mol. The fourth-order valence-corrected chi connectivity index (χ4v) is 2.53. The summed E-state index contributed by atoms with van der Waals surface area (Å²) in [6.07, 6.45) is 3.19. The van der Waals surface area contributed by atoms with Crippen LogP contribution in [0.2, 0.25) is 0 Å². The van der Waals surface area contributed by atoms with E-state index >= 15 is 0 Å². The number of carbonyl (C=O) groups is 1. The maximum Gasteiger partial charge on any atom is 0.193 e. The van der Waals surface area contributed by atoms with Gasteiger partial charge in [-0.3, -0.25) is 4.79 Å². The summed E-state index contributed by atoms with van der Waals surface area (Å²) >= 11 is 0. The number of rotatable bonds is 2. The SMILES string of the molecule is Cc1ccc(C(=O)c2ccc3c(c2)CCCCO3)cc1. The molecule has 2 heteroatoms. The lowest BCUT2D eigenvalue weighted by molar-refractivity contribution is 0.103. The van der Waals surface area contributed by atoms with Gasteiger partial charge in [0, 0.05) is 11.1 Å². The summed E-state index contributed by atoms with van der Waals surface area (Å²) in [7, 11) is 0. The van der Waals surface area contributed by atoms with Crippen molar-refractivity contribution in [3.8, 4) is 5.75 Å². The molecule has 0 saturated carbocycles. The van der Waals surface area contributed by atoms with E-state index in [4.69, 9.17) is 4.74 Å². The van der Waals surface area contributed by atoms with Gasteiger partial charge in [-0.25, -0.2) is 0 Å². The van der Waals surface area contributed by atoms with E-state index in [-0.39, 0.29) is 5.78 Å². The van der Waals surface area contributed by atoms with Crippen molar-refractivity contribution in [3.05, 3.63) is 64.7 Å². The molecule has 0 saturated heterocycles. The van der Waals surface area contributed by atoms with Crippen molar-refractivity contribution in [2.45, 2.75) is 26.2 Å². The molecule has 0 bridgehead atoms. The van der Waals surface area contributed by atoms with E-state index in [1.807, 2.05) is 49.4 Å². The fraction of sp³-hybridized carbons (Fsp3) is 0.278. The van der Waals surface area contributed by atoms with Crippen LogP contribution in [0, 0.1) is 6.92 Å². The van der Waals surface area contributed by atoms with Gasteiger partial charge in [-0.15, -0.1) is 0 Å². The zero-order valence-corrected chi connectivity index (χ0v) is 11.7. The van der Waals surface area contributed by atoms with Gasteiger partial charge in [0.2, 0.25) is 0 Å². The molecule has 0 aromatic heterocycles. The van der Waals surface area contributed by atoms with Gasteiger partial charge in [-0.2, -0.15) is 0 Å². The molecule has 0 atom stereocenters. The highest BCUT2D eigenvalue weighted by Crippen LogP contribution is 2.26. The number of carbonyl (C=O) groups excluding carboxylic acids is 1. The summed E-state index contributed by atoms with van der Waals surface area (Å²) in [5.41, 5.74) is 3.81. The third-order valence-corrected chi connectivity index (χ3v) is 3.73. The maximum absolute atomic E-state index is 12.5. The molecule has 2 nitrogen and oxygen atoms in total. The van der Waals surface area contributed by atoms with E-state index < -0.39 is 0 Å². The largest absolute Gasteiger partial charge is 0.493 e. The number of fused-ring (bicyclic) bond motifs is 1. The van der Waals surface area contributed by atoms with Gasteiger partial charge in [0.25, 0.3) is 0 Å². The monoisotopic (exact) mass is 266 g/mol. The van der Waals surface area contributed by atoms with Crippen molar-refractivity contribution < 1.29 is 9.53 Å². The molecule has 0 amide bonds. The van der Waals surface area contributed by atoms with E-state index in [9.17, 15) is 4.79 Å². The number of ketones is 1. The highest BCUT2D eigenvalue weighted by molar-refractivity contribution is 6.09. The van der Waals surface area contributed by atoms with Crippen LogP contribution in [-0.4, -0.2) is 12.4 Å². The third-order valence-electron chi connectivity index (χ3n) is 3.73. The van der Waals surface area contributed by atoms with Crippen LogP contribution in [0.15, 0.2) is 42.5 Å². The third kappa shape index (κ3) is 2.60. The number of ether oxygens (including phenoxy) is 1. The van der Waals surface area contributed by atoms with Crippen LogP contribution in [0.25, 0.3) is 0 Å². The van der Waals surface area contributed by atoms with Crippen molar-refractivity contribution in [2.75, 3.05) is 6.61 Å². The minimum Gasteiger partial charge on any atom is -0.493 e. The predicted octanol–water partition coefficient (Wildman–Crippen LogP) is 3.94. The Bertz CT molecular complexity index is 626. The summed E-state index contributed by atoms with van der Waals surface area (Å²) in [4.78, 5) is 12.5. The molecule has 0 N–H and O–H groups in total. The lowest BCUT2D eigenvalue weighted by Gasteiger charge is -2.09. The van der Waals surface area contributed by atoms with Crippen LogP contribution in [0.3, 0.4) is 0 Å². The van der Waals surface area contributed by atoms with Crippen molar-refractivity contribution >= 4 is 5.78 Å². The van der Waals surface area contributed by atoms with Gasteiger partial charge in [-0.05, 0) is 49.9 Å². The second-order valence-electron chi connectivity index (χ2n) is 5.32. The van der Waals surface area contributed by atoms with Crippen LogP contribution in [0.1, 0.15) is 39.9 Å². The zero-order chi connectivity index (χ0) is 13.9. The Morgan fingerprint density at radius 3 is 2.55 bits per heavy atom.